The highest BCUT2D eigenvalue weighted by Crippen LogP contribution is 2.35. The Kier molecular flexibility index (Phi) is 4.64. The van der Waals surface area contributed by atoms with Gasteiger partial charge >= 0.3 is 0 Å². The van der Waals surface area contributed by atoms with Crippen molar-refractivity contribution in [3.8, 4) is 0 Å². The molecule has 2 saturated heterocycles. The van der Waals surface area contributed by atoms with E-state index in [-0.39, 0.29) is 5.88 Å². The lowest BCUT2D eigenvalue weighted by Gasteiger charge is -2.36. The molecule has 0 saturated carbocycles. The van der Waals surface area contributed by atoms with Crippen molar-refractivity contribution in [1.82, 2.24) is 10.2 Å². The van der Waals surface area contributed by atoms with Gasteiger partial charge in [0.05, 0.1) is 12.0 Å². The number of piperidine rings is 1. The second kappa shape index (κ2) is 5.86. The minimum Gasteiger partial charge on any atom is -0.390 e. The molecule has 106 valence electrons. The topological polar surface area (TPSA) is 69.6 Å². The van der Waals surface area contributed by atoms with E-state index < -0.39 is 15.9 Å². The Hall–Kier alpha value is -0.170. The van der Waals surface area contributed by atoms with Gasteiger partial charge in [-0.2, -0.15) is 0 Å². The van der Waals surface area contributed by atoms with Gasteiger partial charge in [-0.15, -0.1) is 0 Å². The van der Waals surface area contributed by atoms with E-state index in [1.807, 2.05) is 0 Å². The second-order valence-corrected chi connectivity index (χ2v) is 7.83. The maximum absolute atomic E-state index is 11.0. The molecule has 3 atom stereocenters. The molecule has 2 fully saturated rings. The average Bonchev–Trinajstić information content (AvgIpc) is 2.49. The highest BCUT2D eigenvalue weighted by Gasteiger charge is 2.36. The minimum atomic E-state index is -3.00. The van der Waals surface area contributed by atoms with Crippen LogP contribution in [0.4, 0.5) is 0 Å². The summed E-state index contributed by atoms with van der Waals surface area (Å²) in [6.45, 7) is 1.02. The van der Waals surface area contributed by atoms with Crippen LogP contribution in [-0.2, 0) is 9.84 Å². The van der Waals surface area contributed by atoms with Crippen LogP contribution in [0, 0.1) is 0 Å². The molecule has 0 spiro atoms. The van der Waals surface area contributed by atoms with Gasteiger partial charge in [-0.3, -0.25) is 4.90 Å². The molecular weight excluding hydrogens is 252 g/mol. The van der Waals surface area contributed by atoms with Gasteiger partial charge in [0.15, 0.2) is 9.84 Å². The normalized spacial score (nSPS) is 30.6. The van der Waals surface area contributed by atoms with Crippen molar-refractivity contribution in [3.05, 3.63) is 0 Å². The lowest BCUT2D eigenvalue weighted by atomic mass is 10.0. The zero-order valence-electron chi connectivity index (χ0n) is 11.0. The van der Waals surface area contributed by atoms with Crippen LogP contribution < -0.4 is 5.32 Å². The van der Waals surface area contributed by atoms with E-state index in [9.17, 15) is 13.5 Å². The van der Waals surface area contributed by atoms with Crippen LogP contribution in [0.2, 0.25) is 0 Å². The van der Waals surface area contributed by atoms with E-state index in [4.69, 9.17) is 0 Å². The van der Waals surface area contributed by atoms with Crippen molar-refractivity contribution in [1.29, 1.82) is 0 Å². The van der Waals surface area contributed by atoms with Gasteiger partial charge in [0.2, 0.25) is 0 Å². The number of rotatable bonds is 6. The fourth-order valence-electron chi connectivity index (χ4n) is 3.24. The van der Waals surface area contributed by atoms with Gasteiger partial charge in [0.25, 0.3) is 0 Å². The Morgan fingerprint density at radius 3 is 2.44 bits per heavy atom. The summed E-state index contributed by atoms with van der Waals surface area (Å²) in [5.41, 5.74) is 0. The Labute approximate surface area is 109 Å². The highest BCUT2D eigenvalue weighted by molar-refractivity contribution is 7.90. The highest BCUT2D eigenvalue weighted by atomic mass is 32.2. The predicted molar refractivity (Wildman–Crippen MR) is 71.1 cm³/mol. The molecule has 2 rings (SSSR count). The molecule has 2 unspecified atom stereocenters. The van der Waals surface area contributed by atoms with Crippen LogP contribution in [0.5, 0.6) is 0 Å². The van der Waals surface area contributed by atoms with E-state index in [0.717, 1.165) is 0 Å². The maximum atomic E-state index is 11.0. The molecule has 2 aliphatic rings. The van der Waals surface area contributed by atoms with E-state index in [1.54, 1.807) is 0 Å². The monoisotopic (exact) mass is 276 g/mol. The molecule has 2 N–H and O–H groups in total. The molecule has 2 heterocycles. The van der Waals surface area contributed by atoms with Gasteiger partial charge in [0.1, 0.15) is 0 Å². The molecule has 0 aromatic heterocycles. The first kappa shape index (κ1) is 14.2. The Morgan fingerprint density at radius 2 is 1.89 bits per heavy atom. The zero-order valence-corrected chi connectivity index (χ0v) is 11.8. The molecule has 6 heteroatoms. The summed E-state index contributed by atoms with van der Waals surface area (Å²) < 4.78 is 21.9. The first-order valence-corrected chi connectivity index (χ1v) is 8.84. The molecule has 0 radical (unpaired) electrons. The quantitative estimate of drug-likeness (QED) is 0.712. The predicted octanol–water partition coefficient (Wildman–Crippen LogP) is -0.0441. The molecular formula is C12H24N2O3S. The smallest absolute Gasteiger partial charge is 0.160 e. The van der Waals surface area contributed by atoms with Gasteiger partial charge in [-0.05, 0) is 25.7 Å². The molecule has 5 nitrogen and oxygen atoms in total. The number of nitrogens with one attached hydrogen (secondary N) is 1. The SMILES string of the molecule is CS(=O)(=O)CNC[C@@H](O)CN1C2CCCC1CC2. The van der Waals surface area contributed by atoms with Crippen molar-refractivity contribution in [2.24, 2.45) is 0 Å². The molecule has 2 bridgehead atoms. The van der Waals surface area contributed by atoms with Crippen LogP contribution in [0.1, 0.15) is 32.1 Å². The summed E-state index contributed by atoms with van der Waals surface area (Å²) in [4.78, 5) is 2.43. The van der Waals surface area contributed by atoms with Crippen LogP contribution in [-0.4, -0.2) is 61.8 Å². The lowest BCUT2D eigenvalue weighted by molar-refractivity contribution is 0.0629. The second-order valence-electron chi connectivity index (χ2n) is 5.69. The fourth-order valence-corrected chi connectivity index (χ4v) is 3.73. The summed E-state index contributed by atoms with van der Waals surface area (Å²) in [6, 6.07) is 1.29. The van der Waals surface area contributed by atoms with Gasteiger partial charge in [-0.1, -0.05) is 6.42 Å². The number of aliphatic hydroxyl groups is 1. The van der Waals surface area contributed by atoms with E-state index in [0.29, 0.717) is 25.2 Å². The summed E-state index contributed by atoms with van der Waals surface area (Å²) in [6.07, 6.45) is 7.04. The first-order chi connectivity index (χ1) is 8.46. The summed E-state index contributed by atoms with van der Waals surface area (Å²) in [5, 5.41) is 12.8. The zero-order chi connectivity index (χ0) is 13.2. The van der Waals surface area contributed by atoms with Crippen LogP contribution in [0.3, 0.4) is 0 Å². The minimum absolute atomic E-state index is 0.0586. The number of fused-ring (bicyclic) bond motifs is 2. The summed E-state index contributed by atoms with van der Waals surface area (Å²) in [5.74, 6) is -0.0586. The Balaban J connectivity index is 1.72. The van der Waals surface area contributed by atoms with Gasteiger partial charge < -0.3 is 10.4 Å². The van der Waals surface area contributed by atoms with E-state index >= 15 is 0 Å². The Morgan fingerprint density at radius 1 is 1.28 bits per heavy atom. The van der Waals surface area contributed by atoms with Crippen LogP contribution >= 0.6 is 0 Å². The van der Waals surface area contributed by atoms with Crippen LogP contribution in [0.15, 0.2) is 0 Å². The molecule has 0 amide bonds. The van der Waals surface area contributed by atoms with Crippen molar-refractivity contribution < 1.29 is 13.5 Å². The number of hydrogen-bond acceptors (Lipinski definition) is 5. The van der Waals surface area contributed by atoms with Crippen molar-refractivity contribution >= 4 is 9.84 Å². The standard InChI is InChI=1S/C12H24N2O3S/c1-18(16,17)9-13-7-12(15)8-14-10-3-2-4-11(14)6-5-10/h10-13,15H,2-9H2,1H3/t10?,11?,12-/m1/s1. The molecule has 0 aromatic rings. The average molecular weight is 276 g/mol. The third-order valence-corrected chi connectivity index (χ3v) is 4.74. The third kappa shape index (κ3) is 3.91. The number of sulfone groups is 1. The van der Waals surface area contributed by atoms with Crippen molar-refractivity contribution in [2.45, 2.75) is 50.3 Å². The van der Waals surface area contributed by atoms with Gasteiger partial charge in [-0.25, -0.2) is 8.42 Å². The first-order valence-electron chi connectivity index (χ1n) is 6.78. The lowest BCUT2D eigenvalue weighted by Crippen LogP contribution is -2.46. The fraction of sp³-hybridized carbons (Fsp3) is 1.00. The molecule has 2 aliphatic heterocycles. The summed E-state index contributed by atoms with van der Waals surface area (Å²) in [7, 11) is -3.00. The van der Waals surface area contributed by atoms with Crippen molar-refractivity contribution in [3.63, 3.8) is 0 Å². The third-order valence-electron chi connectivity index (χ3n) is 4.01. The number of aliphatic hydroxyl groups excluding tert-OH is 1. The largest absolute Gasteiger partial charge is 0.390 e. The number of nitrogens with zero attached hydrogens (tertiary/aromatic N) is 1. The summed E-state index contributed by atoms with van der Waals surface area (Å²) >= 11 is 0. The Bertz CT molecular complexity index is 356. The number of hydrogen-bond donors (Lipinski definition) is 2. The van der Waals surface area contributed by atoms with E-state index in [1.165, 1.54) is 38.4 Å². The molecule has 18 heavy (non-hydrogen) atoms. The maximum Gasteiger partial charge on any atom is 0.160 e. The van der Waals surface area contributed by atoms with Crippen LogP contribution in [0.25, 0.3) is 0 Å². The van der Waals surface area contributed by atoms with Crippen molar-refractivity contribution in [2.75, 3.05) is 25.2 Å². The molecule has 0 aromatic carbocycles. The van der Waals surface area contributed by atoms with E-state index in [2.05, 4.69) is 10.2 Å². The molecule has 0 aliphatic carbocycles. The van der Waals surface area contributed by atoms with Gasteiger partial charge in [0, 0.05) is 31.4 Å².